The SMILES string of the molecule is CC(C)=CCNC1CCCCCC1. The monoisotopic (exact) mass is 181 g/mol. The van der Waals surface area contributed by atoms with Crippen LogP contribution in [0.15, 0.2) is 11.6 Å². The number of nitrogens with one attached hydrogen (secondary N) is 1. The van der Waals surface area contributed by atoms with Crippen molar-refractivity contribution in [3.8, 4) is 0 Å². The largest absolute Gasteiger partial charge is 0.311 e. The van der Waals surface area contributed by atoms with Crippen molar-refractivity contribution >= 4 is 0 Å². The van der Waals surface area contributed by atoms with Crippen LogP contribution in [0, 0.1) is 0 Å². The highest BCUT2D eigenvalue weighted by Crippen LogP contribution is 2.16. The molecular formula is C12H23N. The molecule has 0 heterocycles. The molecule has 0 radical (unpaired) electrons. The van der Waals surface area contributed by atoms with E-state index in [1.54, 1.807) is 0 Å². The molecule has 0 spiro atoms. The van der Waals surface area contributed by atoms with Crippen LogP contribution in [0.2, 0.25) is 0 Å². The fourth-order valence-electron chi connectivity index (χ4n) is 1.91. The lowest BCUT2D eigenvalue weighted by Gasteiger charge is -2.14. The fourth-order valence-corrected chi connectivity index (χ4v) is 1.91. The molecule has 1 saturated carbocycles. The number of hydrogen-bond donors (Lipinski definition) is 1. The van der Waals surface area contributed by atoms with Crippen LogP contribution in [-0.2, 0) is 0 Å². The Morgan fingerprint density at radius 1 is 1.15 bits per heavy atom. The third-order valence-electron chi connectivity index (χ3n) is 2.77. The molecule has 1 heteroatoms. The van der Waals surface area contributed by atoms with Crippen LogP contribution in [0.25, 0.3) is 0 Å². The molecule has 1 N–H and O–H groups in total. The molecule has 0 aromatic heterocycles. The molecule has 1 aliphatic carbocycles. The minimum atomic E-state index is 0.790. The molecule has 0 saturated heterocycles. The normalized spacial score (nSPS) is 19.5. The number of rotatable bonds is 3. The van der Waals surface area contributed by atoms with Crippen LogP contribution >= 0.6 is 0 Å². The summed E-state index contributed by atoms with van der Waals surface area (Å²) in [7, 11) is 0. The van der Waals surface area contributed by atoms with Gasteiger partial charge in [-0.3, -0.25) is 0 Å². The van der Waals surface area contributed by atoms with E-state index < -0.39 is 0 Å². The van der Waals surface area contributed by atoms with E-state index in [-0.39, 0.29) is 0 Å². The predicted molar refractivity (Wildman–Crippen MR) is 58.9 cm³/mol. The summed E-state index contributed by atoms with van der Waals surface area (Å²) in [6.07, 6.45) is 10.8. The summed E-state index contributed by atoms with van der Waals surface area (Å²) < 4.78 is 0. The average Bonchev–Trinajstić information content (AvgIpc) is 2.32. The first-order chi connectivity index (χ1) is 6.29. The first-order valence-corrected chi connectivity index (χ1v) is 5.66. The van der Waals surface area contributed by atoms with Gasteiger partial charge in [-0.25, -0.2) is 0 Å². The fraction of sp³-hybridized carbons (Fsp3) is 0.833. The van der Waals surface area contributed by atoms with Crippen molar-refractivity contribution in [3.63, 3.8) is 0 Å². The molecule has 76 valence electrons. The van der Waals surface area contributed by atoms with E-state index >= 15 is 0 Å². The van der Waals surface area contributed by atoms with Gasteiger partial charge in [-0.2, -0.15) is 0 Å². The van der Waals surface area contributed by atoms with Crippen LogP contribution < -0.4 is 5.32 Å². The van der Waals surface area contributed by atoms with Crippen molar-refractivity contribution in [2.24, 2.45) is 0 Å². The molecule has 0 amide bonds. The van der Waals surface area contributed by atoms with Crippen LogP contribution in [0.4, 0.5) is 0 Å². The molecule has 0 atom stereocenters. The van der Waals surface area contributed by atoms with Gasteiger partial charge < -0.3 is 5.32 Å². The summed E-state index contributed by atoms with van der Waals surface area (Å²) in [6.45, 7) is 5.39. The van der Waals surface area contributed by atoms with Crippen LogP contribution in [0.3, 0.4) is 0 Å². The lowest BCUT2D eigenvalue weighted by Crippen LogP contribution is -2.28. The quantitative estimate of drug-likeness (QED) is 0.520. The summed E-state index contributed by atoms with van der Waals surface area (Å²) in [5, 5.41) is 3.62. The standard InChI is InChI=1S/C12H23N/c1-11(2)9-10-13-12-7-5-3-4-6-8-12/h9,12-13H,3-8,10H2,1-2H3. The molecule has 0 aliphatic heterocycles. The second-order valence-electron chi connectivity index (χ2n) is 4.38. The van der Waals surface area contributed by atoms with Crippen molar-refractivity contribution in [1.82, 2.24) is 5.32 Å². The maximum absolute atomic E-state index is 3.62. The van der Waals surface area contributed by atoms with E-state index in [0.717, 1.165) is 12.6 Å². The van der Waals surface area contributed by atoms with E-state index in [2.05, 4.69) is 25.2 Å². The first-order valence-electron chi connectivity index (χ1n) is 5.66. The Bertz CT molecular complexity index is 149. The lowest BCUT2D eigenvalue weighted by atomic mass is 10.1. The molecular weight excluding hydrogens is 158 g/mol. The summed E-state index contributed by atoms with van der Waals surface area (Å²) >= 11 is 0. The molecule has 1 nitrogen and oxygen atoms in total. The first kappa shape index (κ1) is 10.8. The second-order valence-corrected chi connectivity index (χ2v) is 4.38. The molecule has 0 aromatic carbocycles. The molecule has 0 aromatic rings. The molecule has 1 rings (SSSR count). The molecule has 0 unspecified atom stereocenters. The zero-order chi connectivity index (χ0) is 9.52. The van der Waals surface area contributed by atoms with E-state index in [1.807, 2.05) is 0 Å². The van der Waals surface area contributed by atoms with Crippen molar-refractivity contribution < 1.29 is 0 Å². The topological polar surface area (TPSA) is 12.0 Å². The van der Waals surface area contributed by atoms with Gasteiger partial charge in [0.25, 0.3) is 0 Å². The summed E-state index contributed by atoms with van der Waals surface area (Å²) in [6, 6.07) is 0.790. The average molecular weight is 181 g/mol. The van der Waals surface area contributed by atoms with Gasteiger partial charge in [0.05, 0.1) is 0 Å². The van der Waals surface area contributed by atoms with Crippen LogP contribution in [-0.4, -0.2) is 12.6 Å². The van der Waals surface area contributed by atoms with Crippen molar-refractivity contribution in [3.05, 3.63) is 11.6 Å². The zero-order valence-electron chi connectivity index (χ0n) is 9.10. The second kappa shape index (κ2) is 6.20. The van der Waals surface area contributed by atoms with Gasteiger partial charge in [0, 0.05) is 12.6 Å². The van der Waals surface area contributed by atoms with Gasteiger partial charge in [0.2, 0.25) is 0 Å². The van der Waals surface area contributed by atoms with Crippen LogP contribution in [0.5, 0.6) is 0 Å². The highest BCUT2D eigenvalue weighted by Gasteiger charge is 2.09. The van der Waals surface area contributed by atoms with E-state index in [9.17, 15) is 0 Å². The Kier molecular flexibility index (Phi) is 5.14. The Hall–Kier alpha value is -0.300. The Balaban J connectivity index is 2.15. The van der Waals surface area contributed by atoms with Gasteiger partial charge in [0.15, 0.2) is 0 Å². The van der Waals surface area contributed by atoms with Gasteiger partial charge in [0.1, 0.15) is 0 Å². The molecule has 1 fully saturated rings. The summed E-state index contributed by atoms with van der Waals surface area (Å²) in [4.78, 5) is 0. The number of allylic oxidation sites excluding steroid dienone is 1. The third-order valence-corrected chi connectivity index (χ3v) is 2.77. The Labute approximate surface area is 82.6 Å². The van der Waals surface area contributed by atoms with Crippen molar-refractivity contribution in [1.29, 1.82) is 0 Å². The maximum atomic E-state index is 3.62. The smallest absolute Gasteiger partial charge is 0.0139 e. The third kappa shape index (κ3) is 5.09. The highest BCUT2D eigenvalue weighted by atomic mass is 14.9. The predicted octanol–water partition coefficient (Wildman–Crippen LogP) is 3.27. The maximum Gasteiger partial charge on any atom is 0.0139 e. The van der Waals surface area contributed by atoms with Crippen molar-refractivity contribution in [2.75, 3.05) is 6.54 Å². The highest BCUT2D eigenvalue weighted by molar-refractivity contribution is 4.94. The van der Waals surface area contributed by atoms with Gasteiger partial charge >= 0.3 is 0 Å². The van der Waals surface area contributed by atoms with Gasteiger partial charge in [-0.05, 0) is 26.7 Å². The number of hydrogen-bond acceptors (Lipinski definition) is 1. The van der Waals surface area contributed by atoms with E-state index in [4.69, 9.17) is 0 Å². The van der Waals surface area contributed by atoms with Gasteiger partial charge in [-0.1, -0.05) is 37.3 Å². The van der Waals surface area contributed by atoms with E-state index in [0.29, 0.717) is 0 Å². The van der Waals surface area contributed by atoms with E-state index in [1.165, 1.54) is 44.1 Å². The lowest BCUT2D eigenvalue weighted by molar-refractivity contribution is 0.481. The van der Waals surface area contributed by atoms with Crippen LogP contribution in [0.1, 0.15) is 52.4 Å². The summed E-state index contributed by atoms with van der Waals surface area (Å²) in [5.74, 6) is 0. The summed E-state index contributed by atoms with van der Waals surface area (Å²) in [5.41, 5.74) is 1.42. The van der Waals surface area contributed by atoms with Crippen molar-refractivity contribution in [2.45, 2.75) is 58.4 Å². The molecule has 0 bridgehead atoms. The van der Waals surface area contributed by atoms with Gasteiger partial charge in [-0.15, -0.1) is 0 Å². The zero-order valence-corrected chi connectivity index (χ0v) is 9.10. The minimum absolute atomic E-state index is 0.790. The molecule has 13 heavy (non-hydrogen) atoms. The Morgan fingerprint density at radius 3 is 2.31 bits per heavy atom. The molecule has 1 aliphatic rings. The Morgan fingerprint density at radius 2 is 1.77 bits per heavy atom. The minimum Gasteiger partial charge on any atom is -0.311 e.